The minimum atomic E-state index is -0.608. The van der Waals surface area contributed by atoms with E-state index < -0.39 is 4.92 Å². The van der Waals surface area contributed by atoms with Gasteiger partial charge in [0.05, 0.1) is 9.95 Å². The summed E-state index contributed by atoms with van der Waals surface area (Å²) in [7, 11) is 0. The molecule has 3 aromatic carbocycles. The van der Waals surface area contributed by atoms with Crippen LogP contribution >= 0.6 is 35.0 Å². The minimum absolute atomic E-state index is 0.0227. The number of benzene rings is 3. The van der Waals surface area contributed by atoms with Crippen molar-refractivity contribution in [1.29, 1.82) is 0 Å². The Hall–Kier alpha value is -2.54. The summed E-state index contributed by atoms with van der Waals surface area (Å²) in [4.78, 5) is 24.0. The lowest BCUT2D eigenvalue weighted by atomic mass is 10.2. The van der Waals surface area contributed by atoms with Gasteiger partial charge in [0.25, 0.3) is 0 Å². The van der Waals surface area contributed by atoms with Crippen molar-refractivity contribution in [2.75, 3.05) is 0 Å². The van der Waals surface area contributed by atoms with E-state index >= 15 is 0 Å². The van der Waals surface area contributed by atoms with Crippen molar-refractivity contribution in [3.05, 3.63) is 92.5 Å². The quantitative estimate of drug-likeness (QED) is 0.263. The van der Waals surface area contributed by atoms with E-state index in [0.29, 0.717) is 5.02 Å². The molecule has 0 saturated heterocycles. The highest BCUT2D eigenvalue weighted by atomic mass is 35.5. The molecule has 5 nitrogen and oxygen atoms in total. The van der Waals surface area contributed by atoms with Gasteiger partial charge in [-0.25, -0.2) is 0 Å². The molecule has 0 aromatic heterocycles. The van der Waals surface area contributed by atoms with Gasteiger partial charge in [0.15, 0.2) is 0 Å². The second-order valence-electron chi connectivity index (χ2n) is 5.32. The fourth-order valence-corrected chi connectivity index (χ4v) is 3.40. The summed E-state index contributed by atoms with van der Waals surface area (Å²) >= 11 is 12.9. The van der Waals surface area contributed by atoms with Crippen molar-refractivity contribution in [2.45, 2.75) is 4.90 Å². The van der Waals surface area contributed by atoms with Crippen LogP contribution in [0.25, 0.3) is 0 Å². The van der Waals surface area contributed by atoms with E-state index in [1.54, 1.807) is 18.2 Å². The molecule has 27 heavy (non-hydrogen) atoms. The zero-order valence-electron chi connectivity index (χ0n) is 13.6. The molecule has 0 amide bonds. The summed E-state index contributed by atoms with van der Waals surface area (Å²) in [6.07, 6.45) is 0. The van der Waals surface area contributed by atoms with E-state index in [9.17, 15) is 14.9 Å². The third-order valence-electron chi connectivity index (χ3n) is 3.46. The van der Waals surface area contributed by atoms with Crippen LogP contribution in [-0.4, -0.2) is 10.0 Å². The van der Waals surface area contributed by atoms with Gasteiger partial charge >= 0.3 is 5.69 Å². The number of nitro benzene ring substituents is 1. The Morgan fingerprint density at radius 1 is 0.963 bits per heavy atom. The predicted octanol–water partition coefficient (Wildman–Crippen LogP) is 6.63. The normalized spacial score (nSPS) is 10.4. The molecule has 8 heteroatoms. The number of nitrogens with zero attached hydrogens (tertiary/aromatic N) is 1. The highest BCUT2D eigenvalue weighted by molar-refractivity contribution is 8.14. The van der Waals surface area contributed by atoms with E-state index in [2.05, 4.69) is 0 Å². The smallest absolute Gasteiger partial charge is 0.312 e. The van der Waals surface area contributed by atoms with Crippen LogP contribution in [0.3, 0.4) is 0 Å². The zero-order chi connectivity index (χ0) is 19.4. The monoisotopic (exact) mass is 419 g/mol. The number of halogens is 2. The van der Waals surface area contributed by atoms with Gasteiger partial charge < -0.3 is 4.74 Å². The van der Waals surface area contributed by atoms with Crippen LogP contribution in [0.15, 0.2) is 71.6 Å². The van der Waals surface area contributed by atoms with E-state index in [0.717, 1.165) is 16.7 Å². The van der Waals surface area contributed by atoms with Crippen LogP contribution in [0, 0.1) is 10.1 Å². The maximum Gasteiger partial charge on any atom is 0.312 e. The first-order chi connectivity index (χ1) is 12.9. The lowest BCUT2D eigenvalue weighted by Crippen LogP contribution is -1.99. The Balaban J connectivity index is 1.88. The number of rotatable bonds is 5. The van der Waals surface area contributed by atoms with Gasteiger partial charge in [-0.3, -0.25) is 14.9 Å². The largest absolute Gasteiger partial charge is 0.449 e. The Bertz CT molecular complexity index is 1010. The molecule has 0 aliphatic rings. The molecule has 136 valence electrons. The third kappa shape index (κ3) is 4.80. The SMILES string of the molecule is O=C(Sc1ccccc1)c1ccc(Oc2ccc(Cl)cc2Cl)c([N+](=O)[O-])c1. The average Bonchev–Trinajstić information content (AvgIpc) is 2.65. The maximum atomic E-state index is 12.4. The van der Waals surface area contributed by atoms with Crippen LogP contribution in [0.5, 0.6) is 11.5 Å². The second-order valence-corrected chi connectivity index (χ2v) is 7.21. The molecule has 0 unspecified atom stereocenters. The van der Waals surface area contributed by atoms with E-state index in [-0.39, 0.29) is 32.9 Å². The van der Waals surface area contributed by atoms with Gasteiger partial charge in [0.2, 0.25) is 10.9 Å². The average molecular weight is 420 g/mol. The number of nitro groups is 1. The van der Waals surface area contributed by atoms with Crippen molar-refractivity contribution >= 4 is 45.8 Å². The predicted molar refractivity (Wildman–Crippen MR) is 106 cm³/mol. The number of ether oxygens (including phenoxy) is 1. The zero-order valence-corrected chi connectivity index (χ0v) is 15.9. The fourth-order valence-electron chi connectivity index (χ4n) is 2.20. The van der Waals surface area contributed by atoms with Crippen LogP contribution in [0.1, 0.15) is 10.4 Å². The van der Waals surface area contributed by atoms with Crippen molar-refractivity contribution in [3.63, 3.8) is 0 Å². The molecule has 0 fully saturated rings. The van der Waals surface area contributed by atoms with Gasteiger partial charge in [-0.2, -0.15) is 0 Å². The van der Waals surface area contributed by atoms with Gasteiger partial charge in [0, 0.05) is 21.5 Å². The number of carbonyl (C=O) groups excluding carboxylic acids is 1. The molecule has 0 bridgehead atoms. The van der Waals surface area contributed by atoms with Crippen molar-refractivity contribution in [3.8, 4) is 11.5 Å². The molecule has 0 aliphatic carbocycles. The summed E-state index contributed by atoms with van der Waals surface area (Å²) in [6.45, 7) is 0. The van der Waals surface area contributed by atoms with E-state index in [4.69, 9.17) is 27.9 Å². The number of thioether (sulfide) groups is 1. The molecule has 0 radical (unpaired) electrons. The topological polar surface area (TPSA) is 69.4 Å². The fraction of sp³-hybridized carbons (Fsp3) is 0. The Morgan fingerprint density at radius 3 is 2.33 bits per heavy atom. The summed E-state index contributed by atoms with van der Waals surface area (Å²) in [5.41, 5.74) is -0.134. The maximum absolute atomic E-state index is 12.4. The summed E-state index contributed by atoms with van der Waals surface area (Å²) in [5.74, 6) is 0.201. The summed E-state index contributed by atoms with van der Waals surface area (Å²) in [6, 6.07) is 17.6. The summed E-state index contributed by atoms with van der Waals surface area (Å²) < 4.78 is 5.56. The first-order valence-electron chi connectivity index (χ1n) is 7.62. The minimum Gasteiger partial charge on any atom is -0.449 e. The van der Waals surface area contributed by atoms with Crippen LogP contribution in [-0.2, 0) is 0 Å². The number of hydrogen-bond donors (Lipinski definition) is 0. The molecule has 0 spiro atoms. The summed E-state index contributed by atoms with van der Waals surface area (Å²) in [5, 5.41) is 11.8. The first kappa shape index (κ1) is 19.2. The lowest BCUT2D eigenvalue weighted by molar-refractivity contribution is -0.385. The highest BCUT2D eigenvalue weighted by Gasteiger charge is 2.20. The Labute approximate surface area is 169 Å². The highest BCUT2D eigenvalue weighted by Crippen LogP contribution is 2.37. The third-order valence-corrected chi connectivity index (χ3v) is 4.92. The lowest BCUT2D eigenvalue weighted by Gasteiger charge is -2.09. The van der Waals surface area contributed by atoms with Gasteiger partial charge in [-0.1, -0.05) is 41.4 Å². The second kappa shape index (κ2) is 8.43. The van der Waals surface area contributed by atoms with Crippen LogP contribution in [0.4, 0.5) is 5.69 Å². The van der Waals surface area contributed by atoms with E-state index in [1.807, 2.05) is 18.2 Å². The molecule has 0 heterocycles. The number of carbonyl (C=O) groups is 1. The molecule has 0 N–H and O–H groups in total. The molecule has 0 aliphatic heterocycles. The van der Waals surface area contributed by atoms with Crippen LogP contribution < -0.4 is 4.74 Å². The van der Waals surface area contributed by atoms with Crippen molar-refractivity contribution in [2.24, 2.45) is 0 Å². The molecular weight excluding hydrogens is 409 g/mol. The molecular formula is C19H11Cl2NO4S. The van der Waals surface area contributed by atoms with Crippen LogP contribution in [0.2, 0.25) is 10.0 Å². The van der Waals surface area contributed by atoms with Crippen molar-refractivity contribution in [1.82, 2.24) is 0 Å². The van der Waals surface area contributed by atoms with Gasteiger partial charge in [-0.15, -0.1) is 0 Å². The van der Waals surface area contributed by atoms with Gasteiger partial charge in [-0.05, 0) is 54.2 Å². The van der Waals surface area contributed by atoms with E-state index in [1.165, 1.54) is 30.3 Å². The molecule has 0 atom stereocenters. The Morgan fingerprint density at radius 2 is 1.67 bits per heavy atom. The standard InChI is InChI=1S/C19H11Cl2NO4S/c20-13-7-9-17(15(21)11-13)26-18-8-6-12(10-16(18)22(24)25)19(23)27-14-4-2-1-3-5-14/h1-11H. The molecule has 3 aromatic rings. The number of hydrogen-bond acceptors (Lipinski definition) is 5. The van der Waals surface area contributed by atoms with Crippen molar-refractivity contribution < 1.29 is 14.5 Å². The molecule has 0 saturated carbocycles. The Kier molecular flexibility index (Phi) is 6.01. The molecule has 3 rings (SSSR count). The first-order valence-corrected chi connectivity index (χ1v) is 9.20. The van der Waals surface area contributed by atoms with Gasteiger partial charge in [0.1, 0.15) is 5.75 Å².